The number of alkyl carbamates (subject to hydrolysis) is 1. The molecule has 1 aromatic carbocycles. The highest BCUT2D eigenvalue weighted by Crippen LogP contribution is 2.58. The van der Waals surface area contributed by atoms with E-state index in [0.717, 1.165) is 5.56 Å². The van der Waals surface area contributed by atoms with Gasteiger partial charge in [0, 0.05) is 0 Å². The van der Waals surface area contributed by atoms with E-state index < -0.39 is 39.5 Å². The van der Waals surface area contributed by atoms with Crippen molar-refractivity contribution in [3.63, 3.8) is 0 Å². The lowest BCUT2D eigenvalue weighted by Crippen LogP contribution is -2.44. The number of benzene rings is 1. The minimum absolute atomic E-state index is 0.191. The summed E-state index contributed by atoms with van der Waals surface area (Å²) in [6, 6.07) is 8.46. The average Bonchev–Trinajstić information content (AvgIpc) is 2.57. The molecule has 9 heteroatoms. The molecule has 0 aromatic heterocycles. The van der Waals surface area contributed by atoms with E-state index in [1.165, 1.54) is 0 Å². The summed E-state index contributed by atoms with van der Waals surface area (Å²) < 4.78 is 36.7. The molecule has 29 heavy (non-hydrogen) atoms. The van der Waals surface area contributed by atoms with E-state index >= 15 is 0 Å². The molecule has 0 aliphatic rings. The van der Waals surface area contributed by atoms with Crippen molar-refractivity contribution in [2.45, 2.75) is 71.7 Å². The van der Waals surface area contributed by atoms with Crippen molar-refractivity contribution in [3.05, 3.63) is 35.9 Å². The quantitative estimate of drug-likeness (QED) is 0.368. The molecule has 0 bridgehead atoms. The van der Waals surface area contributed by atoms with Gasteiger partial charge in [-0.25, -0.2) is 4.79 Å². The van der Waals surface area contributed by atoms with E-state index in [4.69, 9.17) is 18.2 Å². The number of rotatable bonds is 10. The van der Waals surface area contributed by atoms with Crippen LogP contribution < -0.4 is 5.32 Å². The Kier molecular flexibility index (Phi) is 9.56. The standard InChI is InChI=1S/C20H36NO6PSi/c1-9-24-28(23,25-10-2)18(27-29(6,7)8)17(16-14-12-11-13-15-16)21-19(22)26-20(3,4)5/h11-15,17-18H,9-10H2,1-8H3,(H,21,22)/t17-,18-/m0/s1. The first-order valence-electron chi connectivity index (χ1n) is 9.92. The molecule has 1 amide bonds. The summed E-state index contributed by atoms with van der Waals surface area (Å²) in [5.74, 6) is -1.01. The van der Waals surface area contributed by atoms with Crippen molar-refractivity contribution in [1.82, 2.24) is 5.32 Å². The van der Waals surface area contributed by atoms with Crippen LogP contribution in [0, 0.1) is 0 Å². The largest absolute Gasteiger partial charge is 0.444 e. The highest BCUT2D eigenvalue weighted by atomic mass is 31.2. The molecule has 0 radical (unpaired) electrons. The highest BCUT2D eigenvalue weighted by Gasteiger charge is 2.46. The average molecular weight is 446 g/mol. The summed E-state index contributed by atoms with van der Waals surface area (Å²) in [4.78, 5) is 12.6. The molecule has 2 atom stereocenters. The van der Waals surface area contributed by atoms with Gasteiger partial charge in [-0.05, 0) is 59.8 Å². The van der Waals surface area contributed by atoms with Gasteiger partial charge in [-0.3, -0.25) is 4.57 Å². The van der Waals surface area contributed by atoms with Crippen LogP contribution in [-0.2, 0) is 22.8 Å². The molecule has 0 saturated carbocycles. The first-order chi connectivity index (χ1) is 13.3. The molecule has 1 aromatic rings. The van der Waals surface area contributed by atoms with Crippen molar-refractivity contribution < 1.29 is 27.6 Å². The van der Waals surface area contributed by atoms with E-state index in [1.54, 1.807) is 34.6 Å². The summed E-state index contributed by atoms with van der Waals surface area (Å²) in [6.45, 7) is 15.2. The zero-order chi connectivity index (χ0) is 22.3. The molecule has 0 heterocycles. The molecule has 0 saturated heterocycles. The molecule has 7 nitrogen and oxygen atoms in total. The molecule has 0 aliphatic carbocycles. The van der Waals surface area contributed by atoms with E-state index in [0.29, 0.717) is 0 Å². The van der Waals surface area contributed by atoms with E-state index in [9.17, 15) is 9.36 Å². The summed E-state index contributed by atoms with van der Waals surface area (Å²) in [6.07, 6.45) is -0.630. The summed E-state index contributed by atoms with van der Waals surface area (Å²) in [5.41, 5.74) is 0.0468. The van der Waals surface area contributed by atoms with E-state index in [1.807, 2.05) is 50.0 Å². The summed E-state index contributed by atoms with van der Waals surface area (Å²) >= 11 is 0. The first-order valence-corrected chi connectivity index (χ1v) is 14.9. The maximum Gasteiger partial charge on any atom is 0.408 e. The third-order valence-corrected chi connectivity index (χ3v) is 6.94. The fraction of sp³-hybridized carbons (Fsp3) is 0.650. The Labute approximate surface area is 176 Å². The Morgan fingerprint density at radius 1 is 1.07 bits per heavy atom. The second-order valence-corrected chi connectivity index (χ2v) is 15.1. The minimum Gasteiger partial charge on any atom is -0.444 e. The van der Waals surface area contributed by atoms with Crippen LogP contribution >= 0.6 is 7.60 Å². The lowest BCUT2D eigenvalue weighted by molar-refractivity contribution is 0.0458. The van der Waals surface area contributed by atoms with E-state index in [-0.39, 0.29) is 13.2 Å². The topological polar surface area (TPSA) is 83.1 Å². The minimum atomic E-state index is -3.71. The summed E-state index contributed by atoms with van der Waals surface area (Å²) in [5, 5.41) is 2.84. The zero-order valence-electron chi connectivity index (χ0n) is 18.9. The second kappa shape index (κ2) is 10.7. The van der Waals surface area contributed by atoms with Crippen LogP contribution in [-0.4, -0.2) is 39.1 Å². The van der Waals surface area contributed by atoms with Crippen LogP contribution in [0.25, 0.3) is 0 Å². The van der Waals surface area contributed by atoms with Gasteiger partial charge in [0.1, 0.15) is 5.60 Å². The zero-order valence-corrected chi connectivity index (χ0v) is 20.7. The van der Waals surface area contributed by atoms with Crippen molar-refractivity contribution in [2.24, 2.45) is 0 Å². The van der Waals surface area contributed by atoms with Gasteiger partial charge in [-0.2, -0.15) is 0 Å². The number of hydrogen-bond acceptors (Lipinski definition) is 6. The third kappa shape index (κ3) is 9.01. The molecule has 166 valence electrons. The van der Waals surface area contributed by atoms with Crippen molar-refractivity contribution in [2.75, 3.05) is 13.2 Å². The van der Waals surface area contributed by atoms with Gasteiger partial charge in [0.2, 0.25) is 0 Å². The smallest absolute Gasteiger partial charge is 0.408 e. The number of hydrogen-bond donors (Lipinski definition) is 1. The fourth-order valence-electron chi connectivity index (χ4n) is 2.64. The van der Waals surface area contributed by atoms with Crippen LogP contribution in [0.5, 0.6) is 0 Å². The van der Waals surface area contributed by atoms with Gasteiger partial charge in [0.25, 0.3) is 0 Å². The monoisotopic (exact) mass is 445 g/mol. The Bertz CT molecular complexity index is 676. The lowest BCUT2D eigenvalue weighted by atomic mass is 10.1. The van der Waals surface area contributed by atoms with Crippen LogP contribution in [0.15, 0.2) is 30.3 Å². The van der Waals surface area contributed by atoms with Crippen LogP contribution in [0.4, 0.5) is 4.79 Å². The van der Waals surface area contributed by atoms with Crippen molar-refractivity contribution >= 4 is 22.0 Å². The van der Waals surface area contributed by atoms with Crippen molar-refractivity contribution in [3.8, 4) is 0 Å². The molecule has 0 fully saturated rings. The molecule has 0 spiro atoms. The molecule has 0 aliphatic heterocycles. The Balaban J connectivity index is 3.45. The Morgan fingerprint density at radius 2 is 1.59 bits per heavy atom. The predicted octanol–water partition coefficient (Wildman–Crippen LogP) is 5.70. The number of carbonyl (C=O) groups excluding carboxylic acids is 1. The van der Waals surface area contributed by atoms with Gasteiger partial charge in [0.05, 0.1) is 19.3 Å². The van der Waals surface area contributed by atoms with Gasteiger partial charge in [-0.1, -0.05) is 30.3 Å². The lowest BCUT2D eigenvalue weighted by Gasteiger charge is -2.37. The fourth-order valence-corrected chi connectivity index (χ4v) is 6.66. The maximum atomic E-state index is 13.7. The van der Waals surface area contributed by atoms with E-state index in [2.05, 4.69) is 5.32 Å². The van der Waals surface area contributed by atoms with Crippen molar-refractivity contribution in [1.29, 1.82) is 0 Å². The van der Waals surface area contributed by atoms with Gasteiger partial charge in [-0.15, -0.1) is 0 Å². The van der Waals surface area contributed by atoms with Crippen LogP contribution in [0.1, 0.15) is 46.2 Å². The Hall–Kier alpha value is -1.18. The molecule has 1 rings (SSSR count). The molecule has 1 N–H and O–H groups in total. The molecular weight excluding hydrogens is 409 g/mol. The van der Waals surface area contributed by atoms with Gasteiger partial charge < -0.3 is 23.5 Å². The number of carbonyl (C=O) groups is 1. The molecular formula is C20H36NO6PSi. The first kappa shape index (κ1) is 25.9. The van der Waals surface area contributed by atoms with Gasteiger partial charge >= 0.3 is 13.7 Å². The van der Waals surface area contributed by atoms with Gasteiger partial charge in [0.15, 0.2) is 14.2 Å². The maximum absolute atomic E-state index is 13.7. The summed E-state index contributed by atoms with van der Waals surface area (Å²) in [7, 11) is -5.92. The third-order valence-electron chi connectivity index (χ3n) is 3.52. The van der Waals surface area contributed by atoms with Crippen LogP contribution in [0.3, 0.4) is 0 Å². The number of nitrogens with one attached hydrogen (secondary N) is 1. The number of amides is 1. The Morgan fingerprint density at radius 3 is 2.00 bits per heavy atom. The second-order valence-electron chi connectivity index (χ2n) is 8.53. The highest BCUT2D eigenvalue weighted by molar-refractivity contribution is 7.54. The van der Waals surface area contributed by atoms with Crippen LogP contribution in [0.2, 0.25) is 19.6 Å². The predicted molar refractivity (Wildman–Crippen MR) is 118 cm³/mol. The number of ether oxygens (including phenoxy) is 1. The molecule has 0 unspecified atom stereocenters. The SMILES string of the molecule is CCOP(=O)(OCC)[C@H](O[Si](C)(C)C)[C@@H](NC(=O)OC(C)(C)C)c1ccccc1. The normalized spacial score (nSPS) is 14.9.